The first-order valence-electron chi connectivity index (χ1n) is 6.99. The monoisotopic (exact) mass is 314 g/mol. The molecule has 0 saturated carbocycles. The molecule has 0 aromatic carbocycles. The summed E-state index contributed by atoms with van der Waals surface area (Å²) >= 11 is 1.33. The van der Waals surface area contributed by atoms with E-state index >= 15 is 0 Å². The van der Waals surface area contributed by atoms with Gasteiger partial charge in [-0.15, -0.1) is 10.2 Å². The lowest BCUT2D eigenvalue weighted by atomic mass is 9.94. The van der Waals surface area contributed by atoms with Crippen molar-refractivity contribution in [3.63, 3.8) is 0 Å². The van der Waals surface area contributed by atoms with Crippen molar-refractivity contribution in [1.29, 1.82) is 0 Å². The predicted molar refractivity (Wildman–Crippen MR) is 81.5 cm³/mol. The number of rotatable bonds is 8. The molecule has 1 aromatic rings. The number of urea groups is 1. The van der Waals surface area contributed by atoms with Crippen molar-refractivity contribution in [3.05, 3.63) is 5.01 Å². The summed E-state index contributed by atoms with van der Waals surface area (Å²) in [5.41, 5.74) is 0. The number of carboxylic acids is 1. The summed E-state index contributed by atoms with van der Waals surface area (Å²) in [6, 6.07) is -0.382. The van der Waals surface area contributed by atoms with E-state index < -0.39 is 5.97 Å². The zero-order valence-corrected chi connectivity index (χ0v) is 13.4. The van der Waals surface area contributed by atoms with Gasteiger partial charge in [0.05, 0.1) is 0 Å². The predicted octanol–water partition coefficient (Wildman–Crippen LogP) is 2.36. The maximum absolute atomic E-state index is 11.8. The van der Waals surface area contributed by atoms with Gasteiger partial charge in [0, 0.05) is 13.0 Å². The first-order valence-corrected chi connectivity index (χ1v) is 7.81. The molecule has 0 spiro atoms. The van der Waals surface area contributed by atoms with E-state index in [4.69, 9.17) is 5.11 Å². The number of hydrogen-bond acceptors (Lipinski definition) is 5. The van der Waals surface area contributed by atoms with E-state index in [0.717, 1.165) is 17.8 Å². The third-order valence-corrected chi connectivity index (χ3v) is 3.79. The van der Waals surface area contributed by atoms with Gasteiger partial charge in [-0.1, -0.05) is 32.1 Å². The number of aryl methyl sites for hydroxylation is 1. The largest absolute Gasteiger partial charge is 0.481 e. The Morgan fingerprint density at radius 3 is 2.57 bits per heavy atom. The maximum atomic E-state index is 11.8. The van der Waals surface area contributed by atoms with E-state index in [2.05, 4.69) is 20.8 Å². The minimum Gasteiger partial charge on any atom is -0.481 e. The molecule has 0 bridgehead atoms. The number of aliphatic carboxylic acids is 1. The molecule has 0 radical (unpaired) electrons. The standard InChI is InChI=1S/C13H22N4O3S/c1-4-10-16-17-13(21-10)15-12(20)14-7-9(5-8(2)3)6-11(18)19/h8-9H,4-7H2,1-3H3,(H,18,19)(H2,14,15,17,20)/t9-/m0/s1. The quantitative estimate of drug-likeness (QED) is 0.683. The average molecular weight is 314 g/mol. The summed E-state index contributed by atoms with van der Waals surface area (Å²) in [4.78, 5) is 22.6. The van der Waals surface area contributed by atoms with Crippen molar-refractivity contribution in [2.45, 2.75) is 40.0 Å². The van der Waals surface area contributed by atoms with Gasteiger partial charge in [0.25, 0.3) is 0 Å². The topological polar surface area (TPSA) is 104 Å². The third-order valence-electron chi connectivity index (χ3n) is 2.81. The van der Waals surface area contributed by atoms with Crippen LogP contribution in [0.2, 0.25) is 0 Å². The van der Waals surface area contributed by atoms with Crippen LogP contribution in [-0.2, 0) is 11.2 Å². The minimum atomic E-state index is -0.848. The molecule has 0 fully saturated rings. The highest BCUT2D eigenvalue weighted by molar-refractivity contribution is 7.15. The SMILES string of the molecule is CCc1nnc(NC(=O)NC[C@H](CC(=O)O)CC(C)C)s1. The van der Waals surface area contributed by atoms with Gasteiger partial charge in [0.1, 0.15) is 5.01 Å². The van der Waals surface area contributed by atoms with Gasteiger partial charge >= 0.3 is 12.0 Å². The molecule has 21 heavy (non-hydrogen) atoms. The molecule has 1 heterocycles. The highest BCUT2D eigenvalue weighted by Crippen LogP contribution is 2.16. The first kappa shape index (κ1) is 17.4. The highest BCUT2D eigenvalue weighted by atomic mass is 32.1. The van der Waals surface area contributed by atoms with E-state index in [1.54, 1.807) is 0 Å². The van der Waals surface area contributed by atoms with Crippen molar-refractivity contribution in [1.82, 2.24) is 15.5 Å². The van der Waals surface area contributed by atoms with Crippen molar-refractivity contribution in [2.75, 3.05) is 11.9 Å². The Morgan fingerprint density at radius 1 is 1.33 bits per heavy atom. The number of carbonyl (C=O) groups excluding carboxylic acids is 1. The maximum Gasteiger partial charge on any atom is 0.321 e. The molecule has 0 saturated heterocycles. The van der Waals surface area contributed by atoms with Gasteiger partial charge in [-0.2, -0.15) is 0 Å². The molecule has 1 aromatic heterocycles. The Morgan fingerprint density at radius 2 is 2.05 bits per heavy atom. The van der Waals surface area contributed by atoms with E-state index in [0.29, 0.717) is 17.6 Å². The fourth-order valence-electron chi connectivity index (χ4n) is 1.98. The number of nitrogens with zero attached hydrogens (tertiary/aromatic N) is 2. The molecule has 3 N–H and O–H groups in total. The molecule has 2 amide bonds. The molecule has 118 valence electrons. The molecular weight excluding hydrogens is 292 g/mol. The number of anilines is 1. The molecular formula is C13H22N4O3S. The van der Waals surface area contributed by atoms with Crippen molar-refractivity contribution >= 4 is 28.5 Å². The minimum absolute atomic E-state index is 0.0528. The van der Waals surface area contributed by atoms with Crippen LogP contribution >= 0.6 is 11.3 Å². The fraction of sp³-hybridized carbons (Fsp3) is 0.692. The van der Waals surface area contributed by atoms with Gasteiger partial charge < -0.3 is 10.4 Å². The zero-order chi connectivity index (χ0) is 15.8. The van der Waals surface area contributed by atoms with Crippen molar-refractivity contribution < 1.29 is 14.7 Å². The summed E-state index contributed by atoms with van der Waals surface area (Å²) in [6.45, 7) is 6.35. The van der Waals surface area contributed by atoms with Gasteiger partial charge in [-0.05, 0) is 24.7 Å². The normalized spacial score (nSPS) is 12.2. The van der Waals surface area contributed by atoms with Gasteiger partial charge in [0.15, 0.2) is 0 Å². The molecule has 0 aliphatic heterocycles. The Kier molecular flexibility index (Phi) is 7.07. The third kappa shape index (κ3) is 7.03. The second-order valence-corrected chi connectivity index (χ2v) is 6.35. The lowest BCUT2D eigenvalue weighted by Gasteiger charge is -2.17. The summed E-state index contributed by atoms with van der Waals surface area (Å²) in [6.07, 6.45) is 1.58. The van der Waals surface area contributed by atoms with Crippen LogP contribution in [0.3, 0.4) is 0 Å². The molecule has 1 atom stereocenters. The van der Waals surface area contributed by atoms with Crippen LogP contribution < -0.4 is 10.6 Å². The fourth-order valence-corrected chi connectivity index (χ4v) is 2.65. The van der Waals surface area contributed by atoms with Crippen LogP contribution in [-0.4, -0.2) is 33.8 Å². The number of nitrogens with one attached hydrogen (secondary N) is 2. The van der Waals surface area contributed by atoms with Gasteiger partial charge in [-0.25, -0.2) is 4.79 Å². The molecule has 8 heteroatoms. The Balaban J connectivity index is 2.42. The summed E-state index contributed by atoms with van der Waals surface area (Å²) in [5, 5.41) is 23.2. The summed E-state index contributed by atoms with van der Waals surface area (Å²) in [5.74, 6) is -0.539. The van der Waals surface area contributed by atoms with Crippen LogP contribution in [0.5, 0.6) is 0 Å². The highest BCUT2D eigenvalue weighted by Gasteiger charge is 2.16. The number of aromatic nitrogens is 2. The summed E-state index contributed by atoms with van der Waals surface area (Å²) < 4.78 is 0. The van der Waals surface area contributed by atoms with Crippen molar-refractivity contribution in [3.8, 4) is 0 Å². The van der Waals surface area contributed by atoms with E-state index in [-0.39, 0.29) is 18.4 Å². The molecule has 0 aliphatic rings. The van der Waals surface area contributed by atoms with E-state index in [9.17, 15) is 9.59 Å². The number of carboxylic acid groups (broad SMARTS) is 1. The smallest absolute Gasteiger partial charge is 0.321 e. The summed E-state index contributed by atoms with van der Waals surface area (Å²) in [7, 11) is 0. The molecule has 7 nitrogen and oxygen atoms in total. The number of amides is 2. The van der Waals surface area contributed by atoms with E-state index in [1.165, 1.54) is 11.3 Å². The Bertz CT molecular complexity index is 476. The van der Waals surface area contributed by atoms with Crippen molar-refractivity contribution in [2.24, 2.45) is 11.8 Å². The lowest BCUT2D eigenvalue weighted by Crippen LogP contribution is -2.34. The molecule has 0 unspecified atom stereocenters. The second-order valence-electron chi connectivity index (χ2n) is 5.28. The average Bonchev–Trinajstić information content (AvgIpc) is 2.82. The van der Waals surface area contributed by atoms with Crippen LogP contribution in [0.25, 0.3) is 0 Å². The Hall–Kier alpha value is -1.70. The first-order chi connectivity index (χ1) is 9.90. The van der Waals surface area contributed by atoms with Crippen LogP contribution in [0.1, 0.15) is 38.6 Å². The lowest BCUT2D eigenvalue weighted by molar-refractivity contribution is -0.138. The molecule has 1 rings (SSSR count). The number of hydrogen-bond donors (Lipinski definition) is 3. The Labute approximate surface area is 128 Å². The van der Waals surface area contributed by atoms with Gasteiger partial charge in [0.2, 0.25) is 5.13 Å². The van der Waals surface area contributed by atoms with Crippen LogP contribution in [0, 0.1) is 11.8 Å². The molecule has 0 aliphatic carbocycles. The zero-order valence-electron chi connectivity index (χ0n) is 12.5. The van der Waals surface area contributed by atoms with Gasteiger partial charge in [-0.3, -0.25) is 10.1 Å². The number of carbonyl (C=O) groups is 2. The van der Waals surface area contributed by atoms with E-state index in [1.807, 2.05) is 20.8 Å². The van der Waals surface area contributed by atoms with Crippen LogP contribution in [0.4, 0.5) is 9.93 Å². The van der Waals surface area contributed by atoms with Crippen LogP contribution in [0.15, 0.2) is 0 Å². The second kappa shape index (κ2) is 8.56.